The fourth-order valence-corrected chi connectivity index (χ4v) is 2.60. The summed E-state index contributed by atoms with van der Waals surface area (Å²) in [7, 11) is 1.63. The number of aryl methyl sites for hydroxylation is 1. The summed E-state index contributed by atoms with van der Waals surface area (Å²) in [6.45, 7) is 2.42. The Morgan fingerprint density at radius 2 is 1.79 bits per heavy atom. The zero-order valence-electron chi connectivity index (χ0n) is 15.7. The van der Waals surface area contributed by atoms with Crippen molar-refractivity contribution in [2.75, 3.05) is 24.3 Å². The fourth-order valence-electron chi connectivity index (χ4n) is 2.60. The quantitative estimate of drug-likeness (QED) is 0.651. The molecule has 0 aliphatic carbocycles. The zero-order chi connectivity index (χ0) is 19.9. The summed E-state index contributed by atoms with van der Waals surface area (Å²) >= 11 is 0. The number of rotatable bonds is 7. The highest BCUT2D eigenvalue weighted by Crippen LogP contribution is 2.13. The Hall–Kier alpha value is -3.48. The van der Waals surface area contributed by atoms with Crippen molar-refractivity contribution in [2.24, 2.45) is 0 Å². The number of nitrogens with zero attached hydrogens (tertiary/aromatic N) is 2. The summed E-state index contributed by atoms with van der Waals surface area (Å²) in [5.74, 6) is 0.461. The van der Waals surface area contributed by atoms with Crippen molar-refractivity contribution in [1.29, 1.82) is 0 Å². The van der Waals surface area contributed by atoms with Gasteiger partial charge in [-0.2, -0.15) is 0 Å². The van der Waals surface area contributed by atoms with Gasteiger partial charge in [-0.05, 0) is 61.4 Å². The third-order valence-electron chi connectivity index (χ3n) is 4.04. The molecule has 0 saturated carbocycles. The SMILES string of the molecule is COc1ccc(CCNc2nc(C)cc(C(=O)Nc3ccc(F)cc3)n2)cc1. The largest absolute Gasteiger partial charge is 0.497 e. The number of benzene rings is 2. The molecule has 0 spiro atoms. The fraction of sp³-hybridized carbons (Fsp3) is 0.190. The molecule has 1 aromatic heterocycles. The average Bonchev–Trinajstić information content (AvgIpc) is 2.70. The molecular weight excluding hydrogens is 359 g/mol. The van der Waals surface area contributed by atoms with E-state index in [0.717, 1.165) is 17.7 Å². The van der Waals surface area contributed by atoms with E-state index in [9.17, 15) is 9.18 Å². The second-order valence-corrected chi connectivity index (χ2v) is 6.20. The number of amides is 1. The van der Waals surface area contributed by atoms with E-state index in [0.29, 0.717) is 23.9 Å². The van der Waals surface area contributed by atoms with Gasteiger partial charge >= 0.3 is 0 Å². The van der Waals surface area contributed by atoms with Crippen LogP contribution in [0.25, 0.3) is 0 Å². The van der Waals surface area contributed by atoms with Crippen molar-refractivity contribution >= 4 is 17.5 Å². The molecule has 0 aliphatic heterocycles. The van der Waals surface area contributed by atoms with Crippen LogP contribution < -0.4 is 15.4 Å². The molecule has 0 atom stereocenters. The predicted octanol–water partition coefficient (Wildman–Crippen LogP) is 3.84. The average molecular weight is 380 g/mol. The van der Waals surface area contributed by atoms with Crippen LogP contribution in [0.3, 0.4) is 0 Å². The van der Waals surface area contributed by atoms with Gasteiger partial charge in [-0.25, -0.2) is 14.4 Å². The van der Waals surface area contributed by atoms with Crippen LogP contribution in [0.1, 0.15) is 21.7 Å². The summed E-state index contributed by atoms with van der Waals surface area (Å²) in [5.41, 5.74) is 2.56. The van der Waals surface area contributed by atoms with Gasteiger partial charge in [-0.1, -0.05) is 12.1 Å². The molecule has 0 radical (unpaired) electrons. The van der Waals surface area contributed by atoms with Crippen LogP contribution in [-0.2, 0) is 6.42 Å². The Kier molecular flexibility index (Phi) is 6.16. The Balaban J connectivity index is 1.61. The number of hydrogen-bond donors (Lipinski definition) is 2. The summed E-state index contributed by atoms with van der Waals surface area (Å²) in [5, 5.41) is 5.84. The van der Waals surface area contributed by atoms with Gasteiger partial charge in [0.25, 0.3) is 5.91 Å². The van der Waals surface area contributed by atoms with Gasteiger partial charge in [0.2, 0.25) is 5.95 Å². The Morgan fingerprint density at radius 1 is 1.07 bits per heavy atom. The monoisotopic (exact) mass is 380 g/mol. The van der Waals surface area contributed by atoms with Crippen LogP contribution in [0.15, 0.2) is 54.6 Å². The van der Waals surface area contributed by atoms with E-state index in [1.165, 1.54) is 24.3 Å². The maximum absolute atomic E-state index is 13.0. The molecule has 28 heavy (non-hydrogen) atoms. The van der Waals surface area contributed by atoms with E-state index in [-0.39, 0.29) is 17.4 Å². The molecule has 3 aromatic rings. The smallest absolute Gasteiger partial charge is 0.274 e. The summed E-state index contributed by atoms with van der Waals surface area (Å²) in [6.07, 6.45) is 0.776. The lowest BCUT2D eigenvalue weighted by Gasteiger charge is -2.09. The minimum Gasteiger partial charge on any atom is -0.497 e. The number of aromatic nitrogens is 2. The number of carbonyl (C=O) groups is 1. The molecule has 1 amide bonds. The van der Waals surface area contributed by atoms with E-state index in [1.54, 1.807) is 20.1 Å². The standard InChI is InChI=1S/C21H21FN4O2/c1-14-13-19(20(27)25-17-7-5-16(22)6-8-17)26-21(24-14)23-12-11-15-3-9-18(28-2)10-4-15/h3-10,13H,11-12H2,1-2H3,(H,25,27)(H,23,24,26). The van der Waals surface area contributed by atoms with Crippen molar-refractivity contribution in [3.05, 3.63) is 77.4 Å². The molecule has 0 saturated heterocycles. The van der Waals surface area contributed by atoms with Crippen molar-refractivity contribution in [2.45, 2.75) is 13.3 Å². The topological polar surface area (TPSA) is 76.1 Å². The molecule has 0 unspecified atom stereocenters. The van der Waals surface area contributed by atoms with Crippen molar-refractivity contribution in [1.82, 2.24) is 9.97 Å². The van der Waals surface area contributed by atoms with Crippen molar-refractivity contribution in [3.8, 4) is 5.75 Å². The minimum absolute atomic E-state index is 0.240. The number of nitrogens with one attached hydrogen (secondary N) is 2. The Bertz CT molecular complexity index is 944. The van der Waals surface area contributed by atoms with Crippen LogP contribution in [0.5, 0.6) is 5.75 Å². The van der Waals surface area contributed by atoms with E-state index in [4.69, 9.17) is 4.74 Å². The first-order chi connectivity index (χ1) is 13.5. The maximum atomic E-state index is 13.0. The van der Waals surface area contributed by atoms with Crippen LogP contribution in [-0.4, -0.2) is 29.5 Å². The lowest BCUT2D eigenvalue weighted by atomic mass is 10.1. The number of anilines is 2. The molecule has 0 aliphatic rings. The second kappa shape index (κ2) is 8.94. The number of halogens is 1. The maximum Gasteiger partial charge on any atom is 0.274 e. The van der Waals surface area contributed by atoms with Gasteiger partial charge in [0.05, 0.1) is 7.11 Å². The molecular formula is C21H21FN4O2. The predicted molar refractivity (Wildman–Crippen MR) is 106 cm³/mol. The van der Waals surface area contributed by atoms with E-state index in [2.05, 4.69) is 20.6 Å². The molecule has 2 N–H and O–H groups in total. The van der Waals surface area contributed by atoms with Crippen LogP contribution in [0.2, 0.25) is 0 Å². The lowest BCUT2D eigenvalue weighted by Crippen LogP contribution is -2.17. The summed E-state index contributed by atoms with van der Waals surface area (Å²) in [4.78, 5) is 21.0. The highest BCUT2D eigenvalue weighted by atomic mass is 19.1. The van der Waals surface area contributed by atoms with Crippen LogP contribution >= 0.6 is 0 Å². The zero-order valence-corrected chi connectivity index (χ0v) is 15.7. The molecule has 6 nitrogen and oxygen atoms in total. The normalized spacial score (nSPS) is 10.4. The summed E-state index contributed by atoms with van der Waals surface area (Å²) in [6, 6.07) is 15.0. The van der Waals surface area contributed by atoms with Gasteiger partial charge in [0.1, 0.15) is 17.3 Å². The van der Waals surface area contributed by atoms with Crippen molar-refractivity contribution in [3.63, 3.8) is 0 Å². The van der Waals surface area contributed by atoms with E-state index in [1.807, 2.05) is 24.3 Å². The first-order valence-electron chi connectivity index (χ1n) is 8.83. The number of carbonyl (C=O) groups excluding carboxylic acids is 1. The van der Waals surface area contributed by atoms with Crippen LogP contribution in [0, 0.1) is 12.7 Å². The molecule has 0 bridgehead atoms. The number of hydrogen-bond acceptors (Lipinski definition) is 5. The molecule has 144 valence electrons. The lowest BCUT2D eigenvalue weighted by molar-refractivity contribution is 0.102. The molecule has 7 heteroatoms. The van der Waals surface area contributed by atoms with Gasteiger partial charge < -0.3 is 15.4 Å². The van der Waals surface area contributed by atoms with E-state index >= 15 is 0 Å². The second-order valence-electron chi connectivity index (χ2n) is 6.20. The molecule has 1 heterocycles. The Morgan fingerprint density at radius 3 is 2.46 bits per heavy atom. The highest BCUT2D eigenvalue weighted by molar-refractivity contribution is 6.03. The number of ether oxygens (including phenoxy) is 1. The molecule has 3 rings (SSSR count). The Labute approximate surface area is 162 Å². The highest BCUT2D eigenvalue weighted by Gasteiger charge is 2.11. The van der Waals surface area contributed by atoms with Gasteiger partial charge in [-0.3, -0.25) is 4.79 Å². The van der Waals surface area contributed by atoms with Gasteiger partial charge in [-0.15, -0.1) is 0 Å². The first kappa shape index (κ1) is 19.3. The van der Waals surface area contributed by atoms with Gasteiger partial charge in [0.15, 0.2) is 0 Å². The third kappa shape index (κ3) is 5.26. The molecule has 0 fully saturated rings. The minimum atomic E-state index is -0.379. The third-order valence-corrected chi connectivity index (χ3v) is 4.04. The van der Waals surface area contributed by atoms with Crippen molar-refractivity contribution < 1.29 is 13.9 Å². The molecule has 2 aromatic carbocycles. The van der Waals surface area contributed by atoms with Crippen LogP contribution in [0.4, 0.5) is 16.0 Å². The first-order valence-corrected chi connectivity index (χ1v) is 8.83. The summed E-state index contributed by atoms with van der Waals surface area (Å²) < 4.78 is 18.1. The van der Waals surface area contributed by atoms with Gasteiger partial charge in [0, 0.05) is 17.9 Å². The van der Waals surface area contributed by atoms with E-state index < -0.39 is 0 Å². The number of methoxy groups -OCH3 is 1.